The lowest BCUT2D eigenvalue weighted by molar-refractivity contribution is -0.141. The Labute approximate surface area is 129 Å². The molecule has 1 heterocycles. The first-order chi connectivity index (χ1) is 10.4. The minimum atomic E-state index is -4.46. The molecule has 1 unspecified atom stereocenters. The van der Waals surface area contributed by atoms with Crippen LogP contribution in [0, 0.1) is 0 Å². The van der Waals surface area contributed by atoms with Crippen molar-refractivity contribution in [3.8, 4) is 0 Å². The molecule has 0 aliphatic heterocycles. The molecule has 118 valence electrons. The summed E-state index contributed by atoms with van der Waals surface area (Å²) in [6, 6.07) is 13.1. The van der Waals surface area contributed by atoms with Gasteiger partial charge in [-0.05, 0) is 17.7 Å². The molecule has 1 aromatic heterocycles. The second-order valence-electron chi connectivity index (χ2n) is 4.61. The molecule has 0 bridgehead atoms. The first kappa shape index (κ1) is 16.5. The SMILES string of the molecule is O=S(CCNc1cccc(C(F)(F)F)n1)Cc1ccccc1. The number of benzene rings is 1. The van der Waals surface area contributed by atoms with E-state index in [9.17, 15) is 17.4 Å². The lowest BCUT2D eigenvalue weighted by Crippen LogP contribution is -2.15. The number of pyridine rings is 1. The maximum Gasteiger partial charge on any atom is 0.433 e. The molecule has 1 aromatic carbocycles. The van der Waals surface area contributed by atoms with Crippen LogP contribution in [0.3, 0.4) is 0 Å². The molecular weight excluding hydrogens is 313 g/mol. The molecule has 0 aliphatic rings. The summed E-state index contributed by atoms with van der Waals surface area (Å²) in [5.74, 6) is 0.900. The van der Waals surface area contributed by atoms with Crippen LogP contribution >= 0.6 is 0 Å². The minimum Gasteiger partial charge on any atom is -0.369 e. The van der Waals surface area contributed by atoms with E-state index in [4.69, 9.17) is 0 Å². The van der Waals surface area contributed by atoms with Crippen LogP contribution in [0.15, 0.2) is 48.5 Å². The van der Waals surface area contributed by atoms with E-state index in [0.717, 1.165) is 11.6 Å². The number of anilines is 1. The van der Waals surface area contributed by atoms with E-state index >= 15 is 0 Å². The molecule has 0 aliphatic carbocycles. The smallest absolute Gasteiger partial charge is 0.369 e. The molecule has 0 spiro atoms. The highest BCUT2D eigenvalue weighted by atomic mass is 32.2. The second kappa shape index (κ2) is 7.40. The fourth-order valence-electron chi connectivity index (χ4n) is 1.82. The highest BCUT2D eigenvalue weighted by molar-refractivity contribution is 7.84. The van der Waals surface area contributed by atoms with Crippen LogP contribution in [0.1, 0.15) is 11.3 Å². The van der Waals surface area contributed by atoms with Gasteiger partial charge in [-0.1, -0.05) is 36.4 Å². The Balaban J connectivity index is 1.82. The number of nitrogens with zero attached hydrogens (tertiary/aromatic N) is 1. The number of alkyl halides is 3. The lowest BCUT2D eigenvalue weighted by Gasteiger charge is -2.09. The fourth-order valence-corrected chi connectivity index (χ4v) is 2.85. The van der Waals surface area contributed by atoms with Crippen LogP contribution in [-0.2, 0) is 22.7 Å². The highest BCUT2D eigenvalue weighted by Gasteiger charge is 2.32. The van der Waals surface area contributed by atoms with Crippen molar-refractivity contribution in [1.29, 1.82) is 0 Å². The van der Waals surface area contributed by atoms with Crippen molar-refractivity contribution in [1.82, 2.24) is 4.98 Å². The quantitative estimate of drug-likeness (QED) is 0.883. The van der Waals surface area contributed by atoms with E-state index in [1.807, 2.05) is 30.3 Å². The molecule has 0 amide bonds. The standard InChI is InChI=1S/C15H15F3N2OS/c16-15(17,18)13-7-4-8-14(20-13)19-9-10-22(21)11-12-5-2-1-3-6-12/h1-8H,9-11H2,(H,19,20). The summed E-state index contributed by atoms with van der Waals surface area (Å²) in [6.45, 7) is 0.299. The van der Waals surface area contributed by atoms with E-state index in [1.54, 1.807) is 0 Å². The summed E-state index contributed by atoms with van der Waals surface area (Å²) in [4.78, 5) is 3.49. The predicted molar refractivity (Wildman–Crippen MR) is 80.9 cm³/mol. The van der Waals surface area contributed by atoms with Crippen molar-refractivity contribution in [2.75, 3.05) is 17.6 Å². The van der Waals surface area contributed by atoms with Crippen LogP contribution in [0.2, 0.25) is 0 Å². The average Bonchev–Trinajstić information content (AvgIpc) is 2.48. The molecule has 3 nitrogen and oxygen atoms in total. The molecule has 1 atom stereocenters. The van der Waals surface area contributed by atoms with Crippen LogP contribution in [0.25, 0.3) is 0 Å². The van der Waals surface area contributed by atoms with Gasteiger partial charge in [0.2, 0.25) is 0 Å². The molecule has 0 saturated heterocycles. The second-order valence-corrected chi connectivity index (χ2v) is 6.18. The maximum atomic E-state index is 12.5. The Bertz CT molecular complexity index is 632. The first-order valence-corrected chi connectivity index (χ1v) is 8.11. The first-order valence-electron chi connectivity index (χ1n) is 6.62. The summed E-state index contributed by atoms with van der Waals surface area (Å²) >= 11 is 0. The predicted octanol–water partition coefficient (Wildman–Crippen LogP) is 3.46. The summed E-state index contributed by atoms with van der Waals surface area (Å²) in [5, 5.41) is 2.77. The van der Waals surface area contributed by atoms with Gasteiger partial charge in [0, 0.05) is 28.9 Å². The molecule has 7 heteroatoms. The zero-order valence-electron chi connectivity index (χ0n) is 11.6. The van der Waals surface area contributed by atoms with E-state index in [2.05, 4.69) is 10.3 Å². The summed E-state index contributed by atoms with van der Waals surface area (Å²) in [6.07, 6.45) is -4.46. The third kappa shape index (κ3) is 5.14. The molecule has 2 rings (SSSR count). The van der Waals surface area contributed by atoms with E-state index < -0.39 is 22.7 Å². The maximum absolute atomic E-state index is 12.5. The average molecular weight is 328 g/mol. The molecule has 2 aromatic rings. The highest BCUT2D eigenvalue weighted by Crippen LogP contribution is 2.28. The normalized spacial score (nSPS) is 12.9. The van der Waals surface area contributed by atoms with Gasteiger partial charge >= 0.3 is 6.18 Å². The van der Waals surface area contributed by atoms with Crippen LogP contribution in [0.4, 0.5) is 19.0 Å². The molecule has 0 saturated carbocycles. The van der Waals surface area contributed by atoms with Gasteiger partial charge in [-0.3, -0.25) is 4.21 Å². The van der Waals surface area contributed by atoms with Crippen LogP contribution in [0.5, 0.6) is 0 Å². The van der Waals surface area contributed by atoms with E-state index in [-0.39, 0.29) is 5.82 Å². The largest absolute Gasteiger partial charge is 0.433 e. The third-order valence-corrected chi connectivity index (χ3v) is 4.16. The Hall–Kier alpha value is -1.89. The number of hydrogen-bond acceptors (Lipinski definition) is 3. The number of halogens is 3. The molecule has 0 fully saturated rings. The van der Waals surface area contributed by atoms with Crippen molar-refractivity contribution >= 4 is 16.6 Å². The Morgan fingerprint density at radius 1 is 1.05 bits per heavy atom. The summed E-state index contributed by atoms with van der Waals surface area (Å²) in [7, 11) is -1.08. The van der Waals surface area contributed by atoms with Gasteiger partial charge in [-0.15, -0.1) is 0 Å². The number of aromatic nitrogens is 1. The van der Waals surface area contributed by atoms with Crippen molar-refractivity contribution in [2.24, 2.45) is 0 Å². The number of nitrogens with one attached hydrogen (secondary N) is 1. The van der Waals surface area contributed by atoms with Gasteiger partial charge in [0.05, 0.1) is 0 Å². The van der Waals surface area contributed by atoms with Gasteiger partial charge in [-0.25, -0.2) is 4.98 Å². The zero-order chi connectivity index (χ0) is 16.0. The van der Waals surface area contributed by atoms with E-state index in [0.29, 0.717) is 18.1 Å². The molecule has 0 radical (unpaired) electrons. The molecule has 1 N–H and O–H groups in total. The van der Waals surface area contributed by atoms with Gasteiger partial charge in [-0.2, -0.15) is 13.2 Å². The van der Waals surface area contributed by atoms with Crippen molar-refractivity contribution in [3.63, 3.8) is 0 Å². The summed E-state index contributed by atoms with van der Waals surface area (Å²) < 4.78 is 49.5. The fraction of sp³-hybridized carbons (Fsp3) is 0.267. The van der Waals surface area contributed by atoms with Crippen molar-refractivity contribution < 1.29 is 17.4 Å². The minimum absolute atomic E-state index is 0.131. The van der Waals surface area contributed by atoms with Crippen LogP contribution in [-0.4, -0.2) is 21.5 Å². The molecule has 22 heavy (non-hydrogen) atoms. The summed E-state index contributed by atoms with van der Waals surface area (Å²) in [5.41, 5.74) is 0.0286. The Kier molecular flexibility index (Phi) is 5.54. The number of hydrogen-bond donors (Lipinski definition) is 1. The van der Waals surface area contributed by atoms with Crippen LogP contribution < -0.4 is 5.32 Å². The number of rotatable bonds is 6. The Morgan fingerprint density at radius 2 is 1.77 bits per heavy atom. The van der Waals surface area contributed by atoms with E-state index in [1.165, 1.54) is 12.1 Å². The van der Waals surface area contributed by atoms with Gasteiger partial charge in [0.1, 0.15) is 11.5 Å². The van der Waals surface area contributed by atoms with Gasteiger partial charge in [0.15, 0.2) is 0 Å². The van der Waals surface area contributed by atoms with Crippen molar-refractivity contribution in [3.05, 3.63) is 59.8 Å². The Morgan fingerprint density at radius 3 is 2.45 bits per heavy atom. The third-order valence-electron chi connectivity index (χ3n) is 2.85. The van der Waals surface area contributed by atoms with Crippen molar-refractivity contribution in [2.45, 2.75) is 11.9 Å². The van der Waals surface area contributed by atoms with Gasteiger partial charge < -0.3 is 5.32 Å². The zero-order valence-corrected chi connectivity index (χ0v) is 12.5. The lowest BCUT2D eigenvalue weighted by atomic mass is 10.2. The topological polar surface area (TPSA) is 42.0 Å². The van der Waals surface area contributed by atoms with Gasteiger partial charge in [0.25, 0.3) is 0 Å². The monoisotopic (exact) mass is 328 g/mol. The molecular formula is C15H15F3N2OS.